The molecule has 4 nitrogen and oxygen atoms in total. The first-order valence-corrected chi connectivity index (χ1v) is 9.85. The second kappa shape index (κ2) is 7.95. The van der Waals surface area contributed by atoms with Crippen LogP contribution in [0.25, 0.3) is 11.3 Å². The second-order valence-electron chi connectivity index (χ2n) is 7.55. The lowest BCUT2D eigenvalue weighted by Gasteiger charge is -2.15. The molecular weight excluding hydrogens is 336 g/mol. The summed E-state index contributed by atoms with van der Waals surface area (Å²) < 4.78 is 6.19. The van der Waals surface area contributed by atoms with Crippen molar-refractivity contribution in [1.29, 1.82) is 0 Å². The highest BCUT2D eigenvalue weighted by Gasteiger charge is 2.26. The average molecular weight is 362 g/mol. The molecule has 1 N–H and O–H groups in total. The van der Waals surface area contributed by atoms with Crippen molar-refractivity contribution in [3.8, 4) is 17.0 Å². The number of allylic oxidation sites excluding steroid dienone is 1. The molecule has 1 aliphatic heterocycles. The molecule has 1 amide bonds. The Morgan fingerprint density at radius 3 is 2.96 bits per heavy atom. The lowest BCUT2D eigenvalue weighted by molar-refractivity contribution is -0.120. The van der Waals surface area contributed by atoms with Gasteiger partial charge in [0.2, 0.25) is 5.91 Å². The van der Waals surface area contributed by atoms with E-state index in [4.69, 9.17) is 4.74 Å². The van der Waals surface area contributed by atoms with Crippen molar-refractivity contribution >= 4 is 5.91 Å². The summed E-state index contributed by atoms with van der Waals surface area (Å²) in [7, 11) is 0. The zero-order valence-electron chi connectivity index (χ0n) is 15.8. The van der Waals surface area contributed by atoms with Gasteiger partial charge in [0.1, 0.15) is 11.9 Å². The van der Waals surface area contributed by atoms with Gasteiger partial charge in [-0.25, -0.2) is 0 Å². The predicted molar refractivity (Wildman–Crippen MR) is 107 cm³/mol. The molecule has 27 heavy (non-hydrogen) atoms. The van der Waals surface area contributed by atoms with Gasteiger partial charge < -0.3 is 10.1 Å². The third-order valence-electron chi connectivity index (χ3n) is 5.32. The number of aromatic nitrogens is 1. The molecule has 0 saturated carbocycles. The first-order chi connectivity index (χ1) is 13.2. The Balaban J connectivity index is 1.38. The second-order valence-corrected chi connectivity index (χ2v) is 7.55. The zero-order chi connectivity index (χ0) is 18.6. The number of pyridine rings is 1. The van der Waals surface area contributed by atoms with Crippen molar-refractivity contribution in [1.82, 2.24) is 10.3 Å². The van der Waals surface area contributed by atoms with Gasteiger partial charge in [0.05, 0.1) is 12.2 Å². The van der Waals surface area contributed by atoms with Crippen molar-refractivity contribution < 1.29 is 9.53 Å². The number of amides is 1. The molecule has 4 rings (SSSR count). The molecular formula is C23H26N2O2. The standard InChI is InChI=1S/C23H26N2O2/c1-16-10-11-21(24-14-16)20-9-5-8-18-13-19(27-23(18)20)15-25-22(26)12-17-6-3-2-4-7-17/h5-6,8-11,14,19H,2-4,7,12-13,15H2,1H3,(H,25,26). The van der Waals surface area contributed by atoms with Crippen LogP contribution < -0.4 is 10.1 Å². The molecule has 1 atom stereocenters. The van der Waals surface area contributed by atoms with E-state index < -0.39 is 0 Å². The fourth-order valence-corrected chi connectivity index (χ4v) is 3.84. The third kappa shape index (κ3) is 4.21. The lowest BCUT2D eigenvalue weighted by Crippen LogP contribution is -2.34. The van der Waals surface area contributed by atoms with Crippen molar-refractivity contribution in [3.63, 3.8) is 0 Å². The van der Waals surface area contributed by atoms with E-state index in [1.54, 1.807) is 0 Å². The minimum Gasteiger partial charge on any atom is -0.487 e. The maximum Gasteiger partial charge on any atom is 0.224 e. The molecule has 0 fully saturated rings. The van der Waals surface area contributed by atoms with Crippen LogP contribution in [0.5, 0.6) is 5.75 Å². The number of hydrogen-bond donors (Lipinski definition) is 1. The molecule has 4 heteroatoms. The number of benzene rings is 1. The highest BCUT2D eigenvalue weighted by Crippen LogP contribution is 2.37. The van der Waals surface area contributed by atoms with E-state index in [1.165, 1.54) is 24.0 Å². The Morgan fingerprint density at radius 2 is 2.19 bits per heavy atom. The van der Waals surface area contributed by atoms with Crippen molar-refractivity contribution in [3.05, 3.63) is 59.3 Å². The van der Waals surface area contributed by atoms with Crippen LogP contribution in [0, 0.1) is 6.92 Å². The van der Waals surface area contributed by atoms with Crippen LogP contribution in [0.2, 0.25) is 0 Å². The minimum absolute atomic E-state index is 0.0177. The topological polar surface area (TPSA) is 51.2 Å². The zero-order valence-corrected chi connectivity index (χ0v) is 15.8. The fraction of sp³-hybridized carbons (Fsp3) is 0.391. The average Bonchev–Trinajstić information content (AvgIpc) is 3.11. The third-order valence-corrected chi connectivity index (χ3v) is 5.32. The Hall–Kier alpha value is -2.62. The van der Waals surface area contributed by atoms with Crippen LogP contribution in [0.1, 0.15) is 43.2 Å². The van der Waals surface area contributed by atoms with Gasteiger partial charge in [-0.15, -0.1) is 0 Å². The molecule has 0 spiro atoms. The molecule has 2 heterocycles. The van der Waals surface area contributed by atoms with Crippen LogP contribution in [-0.2, 0) is 11.2 Å². The van der Waals surface area contributed by atoms with Crippen LogP contribution in [0.4, 0.5) is 0 Å². The van der Waals surface area contributed by atoms with Crippen LogP contribution in [-0.4, -0.2) is 23.5 Å². The maximum atomic E-state index is 12.2. The number of hydrogen-bond acceptors (Lipinski definition) is 3. The van der Waals surface area contributed by atoms with Crippen molar-refractivity contribution in [2.75, 3.05) is 6.54 Å². The number of fused-ring (bicyclic) bond motifs is 1. The number of rotatable bonds is 5. The van der Waals surface area contributed by atoms with E-state index in [0.717, 1.165) is 41.8 Å². The van der Waals surface area contributed by atoms with E-state index in [0.29, 0.717) is 13.0 Å². The van der Waals surface area contributed by atoms with Gasteiger partial charge in [-0.05, 0) is 55.9 Å². The summed E-state index contributed by atoms with van der Waals surface area (Å²) in [5, 5.41) is 3.05. The number of para-hydroxylation sites is 1. The molecule has 0 bridgehead atoms. The molecule has 1 aromatic carbocycles. The number of nitrogens with one attached hydrogen (secondary N) is 1. The smallest absolute Gasteiger partial charge is 0.224 e. The number of carbonyl (C=O) groups is 1. The Bertz CT molecular complexity index is 855. The highest BCUT2D eigenvalue weighted by molar-refractivity contribution is 5.78. The SMILES string of the molecule is Cc1ccc(-c2cccc3c2OC(CNC(=O)CC2=CCCCC2)C3)nc1. The van der Waals surface area contributed by atoms with Crippen molar-refractivity contribution in [2.45, 2.75) is 51.6 Å². The van der Waals surface area contributed by atoms with Crippen LogP contribution in [0.15, 0.2) is 48.2 Å². The van der Waals surface area contributed by atoms with Gasteiger partial charge in [-0.3, -0.25) is 9.78 Å². The number of aryl methyl sites for hydroxylation is 1. The first kappa shape index (κ1) is 17.8. The van der Waals surface area contributed by atoms with E-state index in [9.17, 15) is 4.79 Å². The summed E-state index contributed by atoms with van der Waals surface area (Å²) >= 11 is 0. The fourth-order valence-electron chi connectivity index (χ4n) is 3.84. The number of carbonyl (C=O) groups excluding carboxylic acids is 1. The summed E-state index contributed by atoms with van der Waals surface area (Å²) in [6.07, 6.45) is 10.1. The van der Waals surface area contributed by atoms with E-state index in [-0.39, 0.29) is 12.0 Å². The van der Waals surface area contributed by atoms with E-state index in [2.05, 4.69) is 34.6 Å². The van der Waals surface area contributed by atoms with E-state index >= 15 is 0 Å². The largest absolute Gasteiger partial charge is 0.487 e. The van der Waals surface area contributed by atoms with Gasteiger partial charge in [0.15, 0.2) is 0 Å². The monoisotopic (exact) mass is 362 g/mol. The molecule has 1 unspecified atom stereocenters. The van der Waals surface area contributed by atoms with Gasteiger partial charge in [0, 0.05) is 24.6 Å². The molecule has 2 aliphatic rings. The molecule has 140 valence electrons. The predicted octanol–water partition coefficient (Wildman–Crippen LogP) is 4.37. The Morgan fingerprint density at radius 1 is 1.26 bits per heavy atom. The van der Waals surface area contributed by atoms with Crippen molar-refractivity contribution in [2.24, 2.45) is 0 Å². The normalized spacial score (nSPS) is 18.4. The Kier molecular flexibility index (Phi) is 5.23. The lowest BCUT2D eigenvalue weighted by atomic mass is 9.97. The van der Waals surface area contributed by atoms with Gasteiger partial charge in [0.25, 0.3) is 0 Å². The summed E-state index contributed by atoms with van der Waals surface area (Å²) in [6, 6.07) is 10.3. The van der Waals surface area contributed by atoms with Gasteiger partial charge in [-0.2, -0.15) is 0 Å². The highest BCUT2D eigenvalue weighted by atomic mass is 16.5. The van der Waals surface area contributed by atoms with Crippen LogP contribution in [0.3, 0.4) is 0 Å². The molecule has 2 aromatic rings. The quantitative estimate of drug-likeness (QED) is 0.804. The summed E-state index contributed by atoms with van der Waals surface area (Å²) in [5.74, 6) is 1.01. The maximum absolute atomic E-state index is 12.2. The molecule has 0 saturated heterocycles. The minimum atomic E-state index is -0.0177. The number of nitrogens with zero attached hydrogens (tertiary/aromatic N) is 1. The number of ether oxygens (including phenoxy) is 1. The van der Waals surface area contributed by atoms with Gasteiger partial charge in [-0.1, -0.05) is 29.8 Å². The molecule has 1 aromatic heterocycles. The summed E-state index contributed by atoms with van der Waals surface area (Å²) in [4.78, 5) is 16.8. The summed E-state index contributed by atoms with van der Waals surface area (Å²) in [5.41, 5.74) is 5.55. The van der Waals surface area contributed by atoms with Crippen LogP contribution >= 0.6 is 0 Å². The van der Waals surface area contributed by atoms with Gasteiger partial charge >= 0.3 is 0 Å². The first-order valence-electron chi connectivity index (χ1n) is 9.85. The molecule has 1 aliphatic carbocycles. The molecule has 0 radical (unpaired) electrons. The van der Waals surface area contributed by atoms with E-state index in [1.807, 2.05) is 25.3 Å². The summed E-state index contributed by atoms with van der Waals surface area (Å²) in [6.45, 7) is 2.58. The Labute approximate surface area is 160 Å².